The van der Waals surface area contributed by atoms with Crippen LogP contribution in [-0.2, 0) is 23.0 Å². The van der Waals surface area contributed by atoms with E-state index in [1.54, 1.807) is 0 Å². The Morgan fingerprint density at radius 2 is 1.44 bits per heavy atom. The Kier molecular flexibility index (Phi) is 11.9. The second-order valence-electron chi connectivity index (χ2n) is 7.18. The van der Waals surface area contributed by atoms with E-state index in [0.29, 0.717) is 17.4 Å². The van der Waals surface area contributed by atoms with Gasteiger partial charge in [0.25, 0.3) is 0 Å². The molecule has 2 aromatic carbocycles. The first-order valence-electron chi connectivity index (χ1n) is 9.97. The van der Waals surface area contributed by atoms with Crippen molar-refractivity contribution in [1.29, 1.82) is 0 Å². The van der Waals surface area contributed by atoms with Crippen LogP contribution in [0.3, 0.4) is 0 Å². The van der Waals surface area contributed by atoms with Crippen LogP contribution in [-0.4, -0.2) is 13.0 Å². The van der Waals surface area contributed by atoms with Gasteiger partial charge in [-0.05, 0) is 47.6 Å². The number of benzene rings is 2. The van der Waals surface area contributed by atoms with Gasteiger partial charge in [0, 0.05) is 0 Å². The summed E-state index contributed by atoms with van der Waals surface area (Å²) in [5.74, 6) is 0. The molecular formula is C22H31KO3S. The first kappa shape index (κ1) is 25.3. The average molecular weight is 415 g/mol. The largest absolute Gasteiger partial charge is 1.00 e. The monoisotopic (exact) mass is 414 g/mol. The fraction of sp³-hybridized carbons (Fsp3) is 0.545. The molecule has 2 rings (SSSR count). The molecule has 0 unspecified atom stereocenters. The van der Waals surface area contributed by atoms with Crippen LogP contribution in [0.5, 0.6) is 0 Å². The Hall–Kier alpha value is 0.246. The minimum absolute atomic E-state index is 0. The van der Waals surface area contributed by atoms with Crippen molar-refractivity contribution in [2.75, 3.05) is 0 Å². The molecule has 144 valence electrons. The summed E-state index contributed by atoms with van der Waals surface area (Å²) in [5, 5.41) is 1.43. The molecule has 0 saturated carbocycles. The van der Waals surface area contributed by atoms with E-state index in [2.05, 4.69) is 13.8 Å². The molecule has 5 heteroatoms. The summed E-state index contributed by atoms with van der Waals surface area (Å²) in [6, 6.07) is 9.64. The maximum atomic E-state index is 11.9. The van der Waals surface area contributed by atoms with Gasteiger partial charge in [0.05, 0.1) is 4.90 Å². The third-order valence-electron chi connectivity index (χ3n) is 4.99. The number of rotatable bonds is 11. The van der Waals surface area contributed by atoms with Gasteiger partial charge in [0.15, 0.2) is 0 Å². The van der Waals surface area contributed by atoms with Crippen LogP contribution < -0.4 is 51.4 Å². The van der Waals surface area contributed by atoms with Crippen LogP contribution >= 0.6 is 0 Å². The van der Waals surface area contributed by atoms with Gasteiger partial charge in [-0.25, -0.2) is 8.42 Å². The predicted octanol–water partition coefficient (Wildman–Crippen LogP) is 2.99. The smallest absolute Gasteiger partial charge is 0.744 e. The zero-order valence-electron chi connectivity index (χ0n) is 17.1. The summed E-state index contributed by atoms with van der Waals surface area (Å²) in [7, 11) is -4.49. The maximum absolute atomic E-state index is 11.9. The molecule has 0 fully saturated rings. The van der Waals surface area contributed by atoms with Crippen molar-refractivity contribution in [2.24, 2.45) is 0 Å². The van der Waals surface area contributed by atoms with Gasteiger partial charge in [-0.3, -0.25) is 0 Å². The molecule has 0 amide bonds. The Morgan fingerprint density at radius 1 is 0.815 bits per heavy atom. The van der Waals surface area contributed by atoms with Crippen LogP contribution in [0.15, 0.2) is 35.2 Å². The molecule has 2 aromatic rings. The maximum Gasteiger partial charge on any atom is 1.00 e. The molecule has 0 aromatic heterocycles. The Morgan fingerprint density at radius 3 is 2.04 bits per heavy atom. The normalized spacial score (nSPS) is 11.5. The summed E-state index contributed by atoms with van der Waals surface area (Å²) < 4.78 is 35.8. The number of hydrogen-bond acceptors (Lipinski definition) is 3. The minimum atomic E-state index is -4.49. The molecule has 0 radical (unpaired) electrons. The van der Waals surface area contributed by atoms with E-state index in [1.165, 1.54) is 24.8 Å². The summed E-state index contributed by atoms with van der Waals surface area (Å²) in [5.41, 5.74) is 1.87. The Labute approximate surface area is 207 Å². The second-order valence-corrected chi connectivity index (χ2v) is 8.50. The van der Waals surface area contributed by atoms with Crippen molar-refractivity contribution in [3.05, 3.63) is 41.5 Å². The Bertz CT molecular complexity index is 816. The molecule has 0 aliphatic heterocycles. The molecule has 3 nitrogen and oxygen atoms in total. The van der Waals surface area contributed by atoms with Gasteiger partial charge in [-0.1, -0.05) is 82.7 Å². The van der Waals surface area contributed by atoms with Crippen LogP contribution in [0, 0.1) is 0 Å². The molecule has 0 N–H and O–H groups in total. The van der Waals surface area contributed by atoms with Crippen molar-refractivity contribution in [1.82, 2.24) is 0 Å². The fourth-order valence-electron chi connectivity index (χ4n) is 3.54. The van der Waals surface area contributed by atoms with Gasteiger partial charge in [-0.2, -0.15) is 0 Å². The molecule has 27 heavy (non-hydrogen) atoms. The van der Waals surface area contributed by atoms with Crippen LogP contribution in [0.2, 0.25) is 0 Å². The standard InChI is InChI=1S/C22H32O3S.K/c1-3-5-7-9-11-18-13-16-21-20(17-18)15-14-19(12-10-8-6-4-2)22(21)26(23,24)25;/h13-17H,3-12H2,1-2H3,(H,23,24,25);/q;+1/p-1. The third kappa shape index (κ3) is 7.88. The van der Waals surface area contributed by atoms with E-state index in [9.17, 15) is 13.0 Å². The Balaban J connectivity index is 0.00000364. The van der Waals surface area contributed by atoms with Crippen molar-refractivity contribution in [3.63, 3.8) is 0 Å². The van der Waals surface area contributed by atoms with E-state index in [4.69, 9.17) is 0 Å². The van der Waals surface area contributed by atoms with E-state index in [-0.39, 0.29) is 56.3 Å². The SMILES string of the molecule is CCCCCCc1ccc2c(S(=O)(=O)[O-])c(CCCCCC)ccc2c1.[K+]. The van der Waals surface area contributed by atoms with Crippen LogP contribution in [0.1, 0.15) is 76.3 Å². The van der Waals surface area contributed by atoms with Crippen LogP contribution in [0.4, 0.5) is 0 Å². The van der Waals surface area contributed by atoms with Gasteiger partial charge >= 0.3 is 51.4 Å². The molecule has 0 atom stereocenters. The predicted molar refractivity (Wildman–Crippen MR) is 108 cm³/mol. The number of hydrogen-bond donors (Lipinski definition) is 0. The van der Waals surface area contributed by atoms with Crippen LogP contribution in [0.25, 0.3) is 10.8 Å². The average Bonchev–Trinajstić information content (AvgIpc) is 2.61. The van der Waals surface area contributed by atoms with E-state index in [0.717, 1.165) is 43.9 Å². The molecule has 0 heterocycles. The van der Waals surface area contributed by atoms with Gasteiger partial charge < -0.3 is 4.55 Å². The van der Waals surface area contributed by atoms with Crippen molar-refractivity contribution < 1.29 is 64.4 Å². The minimum Gasteiger partial charge on any atom is -0.744 e. The van der Waals surface area contributed by atoms with Crippen molar-refractivity contribution in [3.8, 4) is 0 Å². The number of fused-ring (bicyclic) bond motifs is 1. The molecular weight excluding hydrogens is 383 g/mol. The van der Waals surface area contributed by atoms with Crippen molar-refractivity contribution in [2.45, 2.75) is 83.0 Å². The zero-order chi connectivity index (χ0) is 19.0. The zero-order valence-corrected chi connectivity index (χ0v) is 21.0. The first-order chi connectivity index (χ1) is 12.5. The van der Waals surface area contributed by atoms with Gasteiger partial charge in [0.1, 0.15) is 10.1 Å². The van der Waals surface area contributed by atoms with E-state index < -0.39 is 10.1 Å². The molecule has 0 saturated heterocycles. The number of aryl methyl sites for hydroxylation is 2. The first-order valence-corrected chi connectivity index (χ1v) is 11.4. The summed E-state index contributed by atoms with van der Waals surface area (Å²) in [6.45, 7) is 4.34. The topological polar surface area (TPSA) is 57.2 Å². The molecule has 0 aliphatic rings. The number of unbranched alkanes of at least 4 members (excludes halogenated alkanes) is 6. The molecule has 0 bridgehead atoms. The van der Waals surface area contributed by atoms with Gasteiger partial charge in [0.2, 0.25) is 0 Å². The fourth-order valence-corrected chi connectivity index (χ4v) is 4.49. The van der Waals surface area contributed by atoms with Gasteiger partial charge in [-0.15, -0.1) is 0 Å². The van der Waals surface area contributed by atoms with E-state index in [1.807, 2.05) is 30.3 Å². The summed E-state index contributed by atoms with van der Waals surface area (Å²) in [4.78, 5) is -0.0102. The quantitative estimate of drug-likeness (QED) is 0.323. The summed E-state index contributed by atoms with van der Waals surface area (Å²) >= 11 is 0. The van der Waals surface area contributed by atoms with Crippen molar-refractivity contribution >= 4 is 20.9 Å². The third-order valence-corrected chi connectivity index (χ3v) is 5.97. The molecule has 0 spiro atoms. The molecule has 0 aliphatic carbocycles. The van der Waals surface area contributed by atoms with E-state index >= 15 is 0 Å². The summed E-state index contributed by atoms with van der Waals surface area (Å²) in [6.07, 6.45) is 10.7. The second kappa shape index (κ2) is 12.7.